The van der Waals surface area contributed by atoms with Crippen molar-refractivity contribution in [3.05, 3.63) is 11.7 Å². The van der Waals surface area contributed by atoms with E-state index in [9.17, 15) is 0 Å². The Morgan fingerprint density at radius 3 is 3.11 bits per heavy atom. The highest BCUT2D eigenvalue weighted by molar-refractivity contribution is 7.99. The number of nitrogens with one attached hydrogen (secondary N) is 1. The maximum Gasteiger partial charge on any atom is 0.231 e. The van der Waals surface area contributed by atoms with Crippen molar-refractivity contribution in [2.75, 3.05) is 24.6 Å². The fourth-order valence-corrected chi connectivity index (χ4v) is 3.96. The van der Waals surface area contributed by atoms with Gasteiger partial charge in [0.2, 0.25) is 5.89 Å². The van der Waals surface area contributed by atoms with E-state index < -0.39 is 0 Å². The van der Waals surface area contributed by atoms with Gasteiger partial charge in [-0.25, -0.2) is 0 Å². The lowest BCUT2D eigenvalue weighted by Crippen LogP contribution is -2.28. The number of aromatic nitrogens is 2. The van der Waals surface area contributed by atoms with Crippen molar-refractivity contribution in [2.24, 2.45) is 5.92 Å². The summed E-state index contributed by atoms with van der Waals surface area (Å²) in [6, 6.07) is 0. The molecule has 0 spiro atoms. The van der Waals surface area contributed by atoms with Gasteiger partial charge < -0.3 is 9.84 Å². The molecule has 0 amide bonds. The van der Waals surface area contributed by atoms with Crippen molar-refractivity contribution in [1.82, 2.24) is 15.5 Å². The van der Waals surface area contributed by atoms with E-state index in [1.807, 2.05) is 0 Å². The zero-order chi connectivity index (χ0) is 12.2. The van der Waals surface area contributed by atoms with Crippen LogP contribution < -0.4 is 5.32 Å². The van der Waals surface area contributed by atoms with Crippen LogP contribution >= 0.6 is 11.8 Å². The second-order valence-corrected chi connectivity index (χ2v) is 6.53. The van der Waals surface area contributed by atoms with Crippen LogP contribution in [0.5, 0.6) is 0 Å². The normalized spacial score (nSPS) is 29.3. The Bertz CT molecular complexity index is 370. The molecule has 4 nitrogen and oxygen atoms in total. The predicted octanol–water partition coefficient (Wildman–Crippen LogP) is 2.22. The molecule has 2 atom stereocenters. The fourth-order valence-electron chi connectivity index (χ4n) is 2.81. The van der Waals surface area contributed by atoms with E-state index in [0.717, 1.165) is 37.1 Å². The highest BCUT2D eigenvalue weighted by Crippen LogP contribution is 2.26. The van der Waals surface area contributed by atoms with E-state index in [0.29, 0.717) is 5.92 Å². The maximum atomic E-state index is 5.44. The van der Waals surface area contributed by atoms with Crippen LogP contribution in [0.2, 0.25) is 0 Å². The molecule has 3 heterocycles. The Morgan fingerprint density at radius 2 is 2.33 bits per heavy atom. The number of piperidine rings is 1. The van der Waals surface area contributed by atoms with Crippen molar-refractivity contribution >= 4 is 11.8 Å². The van der Waals surface area contributed by atoms with Gasteiger partial charge >= 0.3 is 0 Å². The molecule has 1 aromatic rings. The first kappa shape index (κ1) is 12.5. The summed E-state index contributed by atoms with van der Waals surface area (Å²) in [6.07, 6.45) is 6.04. The highest BCUT2D eigenvalue weighted by atomic mass is 32.2. The zero-order valence-electron chi connectivity index (χ0n) is 10.7. The molecule has 0 aliphatic carbocycles. The summed E-state index contributed by atoms with van der Waals surface area (Å²) < 4.78 is 5.44. The van der Waals surface area contributed by atoms with E-state index in [1.165, 1.54) is 37.2 Å². The van der Waals surface area contributed by atoms with Crippen molar-refractivity contribution in [2.45, 2.75) is 38.0 Å². The zero-order valence-corrected chi connectivity index (χ0v) is 11.5. The van der Waals surface area contributed by atoms with Crippen LogP contribution in [0.1, 0.15) is 43.3 Å². The van der Waals surface area contributed by atoms with Crippen LogP contribution in [0, 0.1) is 5.92 Å². The number of rotatable bonds is 3. The largest absolute Gasteiger partial charge is 0.339 e. The molecule has 2 aliphatic rings. The SMILES string of the molecule is C1CSCC(Cc2noc(C3CCCNC3)n2)C1. The van der Waals surface area contributed by atoms with Crippen LogP contribution in [0.15, 0.2) is 4.52 Å². The topological polar surface area (TPSA) is 51.0 Å². The number of hydrogen-bond donors (Lipinski definition) is 1. The second-order valence-electron chi connectivity index (χ2n) is 5.38. The average molecular weight is 267 g/mol. The van der Waals surface area contributed by atoms with E-state index in [2.05, 4.69) is 27.2 Å². The molecule has 0 bridgehead atoms. The molecule has 2 unspecified atom stereocenters. The molecule has 0 saturated carbocycles. The molecular formula is C13H21N3OS. The third-order valence-corrected chi connectivity index (χ3v) is 5.14. The van der Waals surface area contributed by atoms with Gasteiger partial charge in [-0.2, -0.15) is 16.7 Å². The van der Waals surface area contributed by atoms with Gasteiger partial charge in [0.1, 0.15) is 0 Å². The number of nitrogens with zero attached hydrogens (tertiary/aromatic N) is 2. The van der Waals surface area contributed by atoms with Gasteiger partial charge in [0.25, 0.3) is 0 Å². The summed E-state index contributed by atoms with van der Waals surface area (Å²) in [5, 5.41) is 7.56. The van der Waals surface area contributed by atoms with Crippen LogP contribution in [0.25, 0.3) is 0 Å². The summed E-state index contributed by atoms with van der Waals surface area (Å²) >= 11 is 2.06. The van der Waals surface area contributed by atoms with Gasteiger partial charge in [0.05, 0.1) is 5.92 Å². The van der Waals surface area contributed by atoms with E-state index in [1.54, 1.807) is 0 Å². The van der Waals surface area contributed by atoms with Crippen LogP contribution in [0.4, 0.5) is 0 Å². The van der Waals surface area contributed by atoms with Gasteiger partial charge in [-0.15, -0.1) is 0 Å². The third kappa shape index (κ3) is 3.06. The molecule has 18 heavy (non-hydrogen) atoms. The van der Waals surface area contributed by atoms with Crippen LogP contribution in [-0.2, 0) is 6.42 Å². The summed E-state index contributed by atoms with van der Waals surface area (Å²) in [5.41, 5.74) is 0. The minimum atomic E-state index is 0.431. The minimum Gasteiger partial charge on any atom is -0.339 e. The Balaban J connectivity index is 1.58. The summed E-state index contributed by atoms with van der Waals surface area (Å²) in [6.45, 7) is 2.11. The highest BCUT2D eigenvalue weighted by Gasteiger charge is 2.23. The molecule has 3 rings (SSSR count). The Labute approximate surface area is 112 Å². The fraction of sp³-hybridized carbons (Fsp3) is 0.846. The van der Waals surface area contributed by atoms with E-state index in [-0.39, 0.29) is 0 Å². The molecule has 5 heteroatoms. The first-order chi connectivity index (χ1) is 8.92. The van der Waals surface area contributed by atoms with Gasteiger partial charge in [0, 0.05) is 13.0 Å². The molecule has 0 radical (unpaired) electrons. The first-order valence-electron chi connectivity index (χ1n) is 7.03. The Morgan fingerprint density at radius 1 is 1.33 bits per heavy atom. The smallest absolute Gasteiger partial charge is 0.231 e. The van der Waals surface area contributed by atoms with Crippen molar-refractivity contribution in [1.29, 1.82) is 0 Å². The lowest BCUT2D eigenvalue weighted by atomic mass is 9.99. The lowest BCUT2D eigenvalue weighted by molar-refractivity contribution is 0.319. The predicted molar refractivity (Wildman–Crippen MR) is 72.9 cm³/mol. The van der Waals surface area contributed by atoms with Crippen LogP contribution in [-0.4, -0.2) is 34.7 Å². The van der Waals surface area contributed by atoms with E-state index in [4.69, 9.17) is 4.52 Å². The van der Waals surface area contributed by atoms with E-state index >= 15 is 0 Å². The Hall–Kier alpha value is -0.550. The molecule has 2 fully saturated rings. The van der Waals surface area contributed by atoms with Gasteiger partial charge in [-0.3, -0.25) is 0 Å². The summed E-state index contributed by atoms with van der Waals surface area (Å²) in [5.74, 6) is 5.53. The quantitative estimate of drug-likeness (QED) is 0.910. The molecule has 2 aliphatic heterocycles. The number of hydrogen-bond acceptors (Lipinski definition) is 5. The van der Waals surface area contributed by atoms with Gasteiger partial charge in [-0.05, 0) is 49.7 Å². The molecule has 2 saturated heterocycles. The van der Waals surface area contributed by atoms with Crippen LogP contribution in [0.3, 0.4) is 0 Å². The molecule has 1 N–H and O–H groups in total. The van der Waals surface area contributed by atoms with Crippen molar-refractivity contribution in [3.63, 3.8) is 0 Å². The minimum absolute atomic E-state index is 0.431. The standard InChI is InChI=1S/C13H21N3OS/c1-4-11(8-14-5-1)13-15-12(16-17-13)7-10-3-2-6-18-9-10/h10-11,14H,1-9H2. The molecule has 0 aromatic carbocycles. The molecule has 100 valence electrons. The third-order valence-electron chi connectivity index (χ3n) is 3.86. The monoisotopic (exact) mass is 267 g/mol. The number of thioether (sulfide) groups is 1. The molecular weight excluding hydrogens is 246 g/mol. The maximum absolute atomic E-state index is 5.44. The average Bonchev–Trinajstić information content (AvgIpc) is 2.89. The lowest BCUT2D eigenvalue weighted by Gasteiger charge is -2.19. The van der Waals surface area contributed by atoms with Crippen molar-refractivity contribution in [3.8, 4) is 0 Å². The summed E-state index contributed by atoms with van der Waals surface area (Å²) in [4.78, 5) is 4.60. The van der Waals surface area contributed by atoms with Gasteiger partial charge in [-0.1, -0.05) is 5.16 Å². The first-order valence-corrected chi connectivity index (χ1v) is 8.18. The van der Waals surface area contributed by atoms with Crippen molar-refractivity contribution < 1.29 is 4.52 Å². The van der Waals surface area contributed by atoms with Gasteiger partial charge in [0.15, 0.2) is 5.82 Å². The summed E-state index contributed by atoms with van der Waals surface area (Å²) in [7, 11) is 0. The second kappa shape index (κ2) is 6.06. The molecule has 1 aromatic heterocycles. The Kier molecular flexibility index (Phi) is 4.20.